The molecule has 0 aliphatic rings. The Balaban J connectivity index is 1.74. The lowest BCUT2D eigenvalue weighted by Gasteiger charge is -2.12. The highest BCUT2D eigenvalue weighted by molar-refractivity contribution is 6.32. The zero-order chi connectivity index (χ0) is 19.9. The third-order valence-corrected chi connectivity index (χ3v) is 4.19. The molecule has 0 saturated carbocycles. The molecule has 0 atom stereocenters. The van der Waals surface area contributed by atoms with Crippen LogP contribution in [0.4, 0.5) is 11.4 Å². The largest absolute Gasteiger partial charge is 0.483 e. The number of nitro benzene ring substituents is 1. The predicted octanol–water partition coefficient (Wildman–Crippen LogP) is 4.25. The third-order valence-electron chi connectivity index (χ3n) is 3.88. The van der Waals surface area contributed by atoms with E-state index in [2.05, 4.69) is 10.3 Å². The Labute approximate surface area is 166 Å². The van der Waals surface area contributed by atoms with Crippen LogP contribution in [0.1, 0.15) is 11.1 Å². The van der Waals surface area contributed by atoms with Gasteiger partial charge in [-0.15, -0.1) is 0 Å². The first-order valence-electron chi connectivity index (χ1n) is 8.37. The highest BCUT2D eigenvalue weighted by atomic mass is 35.5. The molecule has 3 aromatic rings. The molecule has 1 heterocycles. The molecule has 0 radical (unpaired) electrons. The molecule has 3 rings (SSSR count). The maximum Gasteiger partial charge on any atom is 0.269 e. The molecule has 28 heavy (non-hydrogen) atoms. The summed E-state index contributed by atoms with van der Waals surface area (Å²) in [7, 11) is 0. The zero-order valence-corrected chi connectivity index (χ0v) is 15.4. The molecule has 0 aliphatic carbocycles. The minimum Gasteiger partial charge on any atom is -0.483 e. The van der Waals surface area contributed by atoms with Gasteiger partial charge in [0.2, 0.25) is 0 Å². The van der Waals surface area contributed by atoms with E-state index in [4.69, 9.17) is 16.3 Å². The number of nitrogens with one attached hydrogen (secondary N) is 1. The maximum atomic E-state index is 12.2. The Bertz CT molecular complexity index is 996. The van der Waals surface area contributed by atoms with E-state index in [0.717, 1.165) is 5.56 Å². The van der Waals surface area contributed by atoms with Crippen LogP contribution in [0.3, 0.4) is 0 Å². The van der Waals surface area contributed by atoms with Crippen LogP contribution < -0.4 is 10.1 Å². The lowest BCUT2D eigenvalue weighted by atomic mass is 10.0. The molecule has 7 nitrogen and oxygen atoms in total. The summed E-state index contributed by atoms with van der Waals surface area (Å²) in [6.07, 6.45) is 1.95. The Morgan fingerprint density at radius 3 is 2.64 bits per heavy atom. The number of carbonyl (C=O) groups is 1. The summed E-state index contributed by atoms with van der Waals surface area (Å²) in [6, 6.07) is 17.1. The smallest absolute Gasteiger partial charge is 0.269 e. The number of anilines is 1. The van der Waals surface area contributed by atoms with Crippen LogP contribution in [-0.2, 0) is 11.2 Å². The fourth-order valence-corrected chi connectivity index (χ4v) is 2.75. The normalized spacial score (nSPS) is 10.3. The van der Waals surface area contributed by atoms with Crippen LogP contribution >= 0.6 is 11.6 Å². The quantitative estimate of drug-likeness (QED) is 0.365. The van der Waals surface area contributed by atoms with Crippen molar-refractivity contribution in [2.24, 2.45) is 0 Å². The van der Waals surface area contributed by atoms with Crippen molar-refractivity contribution in [3.05, 3.63) is 93.3 Å². The highest BCUT2D eigenvalue weighted by Gasteiger charge is 2.14. The SMILES string of the molecule is O=C(COc1ccc([N+](=O)[O-])cc1Cc1ccccc1)Nc1cccnc1Cl. The van der Waals surface area contributed by atoms with Crippen LogP contribution in [-0.4, -0.2) is 22.4 Å². The Hall–Kier alpha value is -3.45. The summed E-state index contributed by atoms with van der Waals surface area (Å²) in [6.45, 7) is -0.273. The second-order valence-electron chi connectivity index (χ2n) is 5.89. The van der Waals surface area contributed by atoms with Gasteiger partial charge in [0, 0.05) is 30.3 Å². The number of nitrogens with zero attached hydrogens (tertiary/aromatic N) is 2. The number of hydrogen-bond acceptors (Lipinski definition) is 5. The summed E-state index contributed by atoms with van der Waals surface area (Å²) < 4.78 is 5.62. The third kappa shape index (κ3) is 5.05. The molecule has 0 aliphatic heterocycles. The molecule has 8 heteroatoms. The maximum absolute atomic E-state index is 12.2. The number of nitro groups is 1. The molecular weight excluding hydrogens is 382 g/mol. The monoisotopic (exact) mass is 397 g/mol. The van der Waals surface area contributed by atoms with Crippen molar-refractivity contribution >= 4 is 28.9 Å². The van der Waals surface area contributed by atoms with E-state index in [-0.39, 0.29) is 17.4 Å². The van der Waals surface area contributed by atoms with Gasteiger partial charge in [-0.25, -0.2) is 4.98 Å². The lowest BCUT2D eigenvalue weighted by Crippen LogP contribution is -2.21. The average Bonchev–Trinajstić information content (AvgIpc) is 2.69. The van der Waals surface area contributed by atoms with Crippen molar-refractivity contribution < 1.29 is 14.5 Å². The summed E-state index contributed by atoms with van der Waals surface area (Å²) in [5.41, 5.74) is 1.93. The van der Waals surface area contributed by atoms with Gasteiger partial charge in [0.05, 0.1) is 10.6 Å². The van der Waals surface area contributed by atoms with Gasteiger partial charge in [0.25, 0.3) is 11.6 Å². The van der Waals surface area contributed by atoms with Gasteiger partial charge in [-0.05, 0) is 23.8 Å². The van der Waals surface area contributed by atoms with Gasteiger partial charge in [-0.3, -0.25) is 14.9 Å². The van der Waals surface area contributed by atoms with E-state index in [1.165, 1.54) is 24.4 Å². The number of hydrogen-bond donors (Lipinski definition) is 1. The number of pyridine rings is 1. The molecule has 2 aromatic carbocycles. The summed E-state index contributed by atoms with van der Waals surface area (Å²) in [5.74, 6) is -0.0131. The molecule has 1 N–H and O–H groups in total. The van der Waals surface area contributed by atoms with Gasteiger partial charge >= 0.3 is 0 Å². The number of benzene rings is 2. The van der Waals surface area contributed by atoms with Crippen molar-refractivity contribution in [1.29, 1.82) is 0 Å². The van der Waals surface area contributed by atoms with Crippen molar-refractivity contribution in [2.45, 2.75) is 6.42 Å². The number of rotatable bonds is 7. The van der Waals surface area contributed by atoms with Crippen molar-refractivity contribution in [2.75, 3.05) is 11.9 Å². The number of aromatic nitrogens is 1. The van der Waals surface area contributed by atoms with Gasteiger partial charge in [0.15, 0.2) is 11.8 Å². The van der Waals surface area contributed by atoms with E-state index in [1.54, 1.807) is 12.1 Å². The van der Waals surface area contributed by atoms with Crippen molar-refractivity contribution in [3.8, 4) is 5.75 Å². The summed E-state index contributed by atoms with van der Waals surface area (Å²) >= 11 is 5.92. The second-order valence-corrected chi connectivity index (χ2v) is 6.25. The fraction of sp³-hybridized carbons (Fsp3) is 0.100. The first-order valence-corrected chi connectivity index (χ1v) is 8.75. The Kier molecular flexibility index (Phi) is 6.18. The molecule has 0 unspecified atom stereocenters. The van der Waals surface area contributed by atoms with Gasteiger partial charge in [-0.1, -0.05) is 41.9 Å². The van der Waals surface area contributed by atoms with Crippen molar-refractivity contribution in [1.82, 2.24) is 4.98 Å². The first kappa shape index (κ1) is 19.3. The minimum atomic E-state index is -0.463. The van der Waals surface area contributed by atoms with E-state index < -0.39 is 10.8 Å². The van der Waals surface area contributed by atoms with E-state index in [1.807, 2.05) is 30.3 Å². The van der Waals surface area contributed by atoms with Gasteiger partial charge in [0.1, 0.15) is 5.75 Å². The van der Waals surface area contributed by atoms with E-state index in [9.17, 15) is 14.9 Å². The van der Waals surface area contributed by atoms with Crippen LogP contribution in [0.15, 0.2) is 66.9 Å². The molecule has 0 bridgehead atoms. The number of amides is 1. The van der Waals surface area contributed by atoms with Crippen LogP contribution in [0.2, 0.25) is 5.15 Å². The molecule has 1 aromatic heterocycles. The fourth-order valence-electron chi connectivity index (χ4n) is 2.58. The van der Waals surface area contributed by atoms with Crippen LogP contribution in [0.5, 0.6) is 5.75 Å². The summed E-state index contributed by atoms with van der Waals surface area (Å²) in [5, 5.41) is 13.9. The zero-order valence-electron chi connectivity index (χ0n) is 14.7. The lowest BCUT2D eigenvalue weighted by molar-refractivity contribution is -0.384. The highest BCUT2D eigenvalue weighted by Crippen LogP contribution is 2.27. The molecule has 1 amide bonds. The topological polar surface area (TPSA) is 94.4 Å². The second kappa shape index (κ2) is 8.96. The number of halogens is 1. The van der Waals surface area contributed by atoms with Crippen molar-refractivity contribution in [3.63, 3.8) is 0 Å². The Morgan fingerprint density at radius 2 is 1.93 bits per heavy atom. The number of non-ortho nitro benzene ring substituents is 1. The standard InChI is InChI=1S/C20H16ClN3O4/c21-20-17(7-4-10-22-20)23-19(25)13-28-18-9-8-16(24(26)27)12-15(18)11-14-5-2-1-3-6-14/h1-10,12H,11,13H2,(H,23,25). The average molecular weight is 398 g/mol. The van der Waals surface area contributed by atoms with Crippen LogP contribution in [0, 0.1) is 10.1 Å². The molecule has 0 fully saturated rings. The molecular formula is C20H16ClN3O4. The number of ether oxygens (including phenoxy) is 1. The predicted molar refractivity (Wildman–Crippen MR) is 106 cm³/mol. The van der Waals surface area contributed by atoms with Gasteiger partial charge in [-0.2, -0.15) is 0 Å². The Morgan fingerprint density at radius 1 is 1.14 bits per heavy atom. The van der Waals surface area contributed by atoms with Crippen LogP contribution in [0.25, 0.3) is 0 Å². The minimum absolute atomic E-state index is 0.0372. The van der Waals surface area contributed by atoms with E-state index >= 15 is 0 Å². The molecule has 142 valence electrons. The first-order chi connectivity index (χ1) is 13.5. The number of carbonyl (C=O) groups excluding carboxylic acids is 1. The molecule has 0 saturated heterocycles. The molecule has 0 spiro atoms. The van der Waals surface area contributed by atoms with Gasteiger partial charge < -0.3 is 10.1 Å². The van der Waals surface area contributed by atoms with E-state index in [0.29, 0.717) is 23.4 Å². The summed E-state index contributed by atoms with van der Waals surface area (Å²) in [4.78, 5) is 26.7.